The van der Waals surface area contributed by atoms with Crippen molar-refractivity contribution in [3.05, 3.63) is 35.0 Å². The number of hydrogen-bond donors (Lipinski definition) is 2. The number of aromatic nitrogens is 1. The van der Waals surface area contributed by atoms with Gasteiger partial charge in [-0.3, -0.25) is 0 Å². The number of fused-ring (bicyclic) bond motifs is 1. The minimum absolute atomic E-state index is 0.392. The van der Waals surface area contributed by atoms with Gasteiger partial charge in [0.25, 0.3) is 0 Å². The standard InChI is InChI=1S/C16H22N2/c1-4-12-6-5-7-13-14(11(2)18-15(12)13)16(8-9-16)10-17-3/h5-7,17-18H,4,8-10H2,1-3H3. The number of benzene rings is 1. The van der Waals surface area contributed by atoms with E-state index >= 15 is 0 Å². The molecule has 0 spiro atoms. The molecule has 0 atom stereocenters. The summed E-state index contributed by atoms with van der Waals surface area (Å²) < 4.78 is 0. The molecule has 18 heavy (non-hydrogen) atoms. The molecule has 2 aromatic rings. The van der Waals surface area contributed by atoms with E-state index in [9.17, 15) is 0 Å². The number of likely N-dealkylation sites (N-methyl/N-ethyl adjacent to an activating group) is 1. The Morgan fingerprint density at radius 2 is 2.11 bits per heavy atom. The van der Waals surface area contributed by atoms with Crippen molar-refractivity contribution in [1.29, 1.82) is 0 Å². The SMILES string of the molecule is CCc1cccc2c(C3(CNC)CC3)c(C)[nH]c12. The Morgan fingerprint density at radius 1 is 1.33 bits per heavy atom. The van der Waals surface area contributed by atoms with Crippen LogP contribution in [-0.2, 0) is 11.8 Å². The van der Waals surface area contributed by atoms with Gasteiger partial charge in [-0.25, -0.2) is 0 Å². The lowest BCUT2D eigenvalue weighted by atomic mass is 9.92. The van der Waals surface area contributed by atoms with E-state index in [1.165, 1.54) is 35.0 Å². The summed E-state index contributed by atoms with van der Waals surface area (Å²) in [7, 11) is 2.06. The third kappa shape index (κ3) is 1.59. The Kier molecular flexibility index (Phi) is 2.70. The molecule has 0 amide bonds. The molecule has 1 fully saturated rings. The first-order valence-corrected chi connectivity index (χ1v) is 6.97. The van der Waals surface area contributed by atoms with Crippen molar-refractivity contribution < 1.29 is 0 Å². The highest BCUT2D eigenvalue weighted by Gasteiger charge is 2.46. The van der Waals surface area contributed by atoms with Crippen LogP contribution in [0, 0.1) is 6.92 Å². The van der Waals surface area contributed by atoms with Gasteiger partial charge in [0.05, 0.1) is 0 Å². The first-order valence-electron chi connectivity index (χ1n) is 6.97. The molecule has 2 nitrogen and oxygen atoms in total. The molecular weight excluding hydrogens is 220 g/mol. The molecule has 0 bridgehead atoms. The lowest BCUT2D eigenvalue weighted by Gasteiger charge is -2.15. The Labute approximate surface area is 109 Å². The molecule has 1 heterocycles. The van der Waals surface area contributed by atoms with Crippen molar-refractivity contribution in [3.63, 3.8) is 0 Å². The monoisotopic (exact) mass is 242 g/mol. The van der Waals surface area contributed by atoms with Gasteiger partial charge in [-0.1, -0.05) is 25.1 Å². The molecule has 1 aliphatic rings. The highest BCUT2D eigenvalue weighted by Crippen LogP contribution is 2.51. The molecule has 3 rings (SSSR count). The number of nitrogens with one attached hydrogen (secondary N) is 2. The first-order chi connectivity index (χ1) is 8.72. The van der Waals surface area contributed by atoms with Gasteiger partial charge in [0.1, 0.15) is 0 Å². The molecule has 1 saturated carbocycles. The molecule has 0 saturated heterocycles. The minimum Gasteiger partial charge on any atom is -0.358 e. The number of aryl methyl sites for hydroxylation is 2. The zero-order valence-electron chi connectivity index (χ0n) is 11.6. The van der Waals surface area contributed by atoms with Crippen LogP contribution in [0.5, 0.6) is 0 Å². The number of rotatable bonds is 4. The largest absolute Gasteiger partial charge is 0.358 e. The maximum absolute atomic E-state index is 3.62. The average Bonchev–Trinajstić information content (AvgIpc) is 3.04. The molecule has 1 aromatic heterocycles. The molecule has 0 unspecified atom stereocenters. The number of H-pyrrole nitrogens is 1. The summed E-state index contributed by atoms with van der Waals surface area (Å²) in [5.41, 5.74) is 6.10. The first kappa shape index (κ1) is 11.8. The molecule has 2 N–H and O–H groups in total. The van der Waals surface area contributed by atoms with Gasteiger partial charge >= 0.3 is 0 Å². The molecule has 1 aliphatic carbocycles. The van der Waals surface area contributed by atoms with Gasteiger partial charge < -0.3 is 10.3 Å². The van der Waals surface area contributed by atoms with Gasteiger partial charge in [-0.2, -0.15) is 0 Å². The number of aromatic amines is 1. The predicted molar refractivity (Wildman–Crippen MR) is 77.3 cm³/mol. The van der Waals surface area contributed by atoms with Gasteiger partial charge in [-0.05, 0) is 44.4 Å². The molecule has 96 valence electrons. The summed E-state index contributed by atoms with van der Waals surface area (Å²) >= 11 is 0. The predicted octanol–water partition coefficient (Wildman–Crippen LogP) is 3.29. The fraction of sp³-hybridized carbons (Fsp3) is 0.500. The van der Waals surface area contributed by atoms with Crippen molar-refractivity contribution >= 4 is 10.9 Å². The highest BCUT2D eigenvalue weighted by atomic mass is 14.9. The van der Waals surface area contributed by atoms with Gasteiger partial charge in [0, 0.05) is 28.6 Å². The molecule has 1 aromatic carbocycles. The van der Waals surface area contributed by atoms with E-state index in [4.69, 9.17) is 0 Å². The van der Waals surface area contributed by atoms with Crippen LogP contribution in [0.15, 0.2) is 18.2 Å². The fourth-order valence-electron chi connectivity index (χ4n) is 3.39. The third-order valence-corrected chi connectivity index (χ3v) is 4.39. The van der Waals surface area contributed by atoms with Crippen molar-refractivity contribution in [1.82, 2.24) is 10.3 Å². The Hall–Kier alpha value is -1.28. The average molecular weight is 242 g/mol. The van der Waals surface area contributed by atoms with E-state index in [0.717, 1.165) is 13.0 Å². The molecule has 0 aliphatic heterocycles. The Balaban J connectivity index is 2.21. The maximum Gasteiger partial charge on any atom is 0.0491 e. The van der Waals surface area contributed by atoms with Crippen molar-refractivity contribution in [2.45, 2.75) is 38.5 Å². The quantitative estimate of drug-likeness (QED) is 0.846. The summed E-state index contributed by atoms with van der Waals surface area (Å²) in [6.07, 6.45) is 3.73. The normalized spacial score (nSPS) is 17.3. The summed E-state index contributed by atoms with van der Waals surface area (Å²) in [6.45, 7) is 5.55. The van der Waals surface area contributed by atoms with Gasteiger partial charge in [-0.15, -0.1) is 0 Å². The molecule has 2 heteroatoms. The topological polar surface area (TPSA) is 27.8 Å². The lowest BCUT2D eigenvalue weighted by Crippen LogP contribution is -2.24. The van der Waals surface area contributed by atoms with E-state index < -0.39 is 0 Å². The van der Waals surface area contributed by atoms with Crippen molar-refractivity contribution in [2.75, 3.05) is 13.6 Å². The van der Waals surface area contributed by atoms with E-state index in [1.807, 2.05) is 0 Å². The smallest absolute Gasteiger partial charge is 0.0491 e. The summed E-state index contributed by atoms with van der Waals surface area (Å²) in [6, 6.07) is 6.72. The van der Waals surface area contributed by atoms with Crippen LogP contribution in [-0.4, -0.2) is 18.6 Å². The zero-order valence-corrected chi connectivity index (χ0v) is 11.6. The highest BCUT2D eigenvalue weighted by molar-refractivity contribution is 5.89. The zero-order chi connectivity index (χ0) is 12.8. The third-order valence-electron chi connectivity index (χ3n) is 4.39. The second kappa shape index (κ2) is 4.13. The van der Waals surface area contributed by atoms with Crippen molar-refractivity contribution in [3.8, 4) is 0 Å². The summed E-state index contributed by atoms with van der Waals surface area (Å²) in [4.78, 5) is 3.62. The van der Waals surface area contributed by atoms with Crippen molar-refractivity contribution in [2.24, 2.45) is 0 Å². The summed E-state index contributed by atoms with van der Waals surface area (Å²) in [5, 5.41) is 4.81. The fourth-order valence-corrected chi connectivity index (χ4v) is 3.39. The second-order valence-corrected chi connectivity index (χ2v) is 5.63. The maximum atomic E-state index is 3.62. The van der Waals surface area contributed by atoms with Gasteiger partial charge in [0.2, 0.25) is 0 Å². The van der Waals surface area contributed by atoms with E-state index in [-0.39, 0.29) is 0 Å². The van der Waals surface area contributed by atoms with Crippen LogP contribution in [0.2, 0.25) is 0 Å². The minimum atomic E-state index is 0.392. The van der Waals surface area contributed by atoms with E-state index in [2.05, 4.69) is 49.4 Å². The molecule has 0 radical (unpaired) electrons. The van der Waals surface area contributed by atoms with Gasteiger partial charge in [0.15, 0.2) is 0 Å². The number of para-hydroxylation sites is 1. The Bertz CT molecular complexity index is 576. The van der Waals surface area contributed by atoms with Crippen LogP contribution in [0.3, 0.4) is 0 Å². The molecular formula is C16H22N2. The van der Waals surface area contributed by atoms with E-state index in [0.29, 0.717) is 5.41 Å². The van der Waals surface area contributed by atoms with Crippen LogP contribution in [0.1, 0.15) is 36.6 Å². The van der Waals surface area contributed by atoms with Crippen LogP contribution in [0.25, 0.3) is 10.9 Å². The van der Waals surface area contributed by atoms with Crippen LogP contribution >= 0.6 is 0 Å². The van der Waals surface area contributed by atoms with Crippen LogP contribution in [0.4, 0.5) is 0 Å². The van der Waals surface area contributed by atoms with Crippen LogP contribution < -0.4 is 5.32 Å². The second-order valence-electron chi connectivity index (χ2n) is 5.63. The Morgan fingerprint density at radius 3 is 2.72 bits per heavy atom. The lowest BCUT2D eigenvalue weighted by molar-refractivity contribution is 0.625. The van der Waals surface area contributed by atoms with E-state index in [1.54, 1.807) is 5.56 Å². The number of hydrogen-bond acceptors (Lipinski definition) is 1. The summed E-state index contributed by atoms with van der Waals surface area (Å²) in [5.74, 6) is 0.